The van der Waals surface area contributed by atoms with Gasteiger partial charge in [0.2, 0.25) is 5.91 Å². The van der Waals surface area contributed by atoms with Gasteiger partial charge in [0.25, 0.3) is 0 Å². The van der Waals surface area contributed by atoms with Crippen LogP contribution in [0.25, 0.3) is 0 Å². The molecule has 0 unspecified atom stereocenters. The van der Waals surface area contributed by atoms with E-state index in [1.807, 2.05) is 19.2 Å². The summed E-state index contributed by atoms with van der Waals surface area (Å²) in [5.41, 5.74) is 6.80. The third kappa shape index (κ3) is 5.33. The summed E-state index contributed by atoms with van der Waals surface area (Å²) in [6.45, 7) is 8.25. The molecule has 0 aliphatic rings. The van der Waals surface area contributed by atoms with Crippen LogP contribution in [0.5, 0.6) is 0 Å². The molecule has 1 aromatic rings. The number of hydrogen-bond donors (Lipinski definition) is 2. The van der Waals surface area contributed by atoms with Gasteiger partial charge in [-0.05, 0) is 18.3 Å². The summed E-state index contributed by atoms with van der Waals surface area (Å²) in [6, 6.07) is -0.457. The lowest BCUT2D eigenvalue weighted by Gasteiger charge is -2.12. The maximum Gasteiger partial charge on any atom is 0.243 e. The number of carbonyl (C=O) groups is 1. The molecule has 1 heterocycles. The summed E-state index contributed by atoms with van der Waals surface area (Å²) in [5, 5.41) is 5.37. The molecule has 18 heavy (non-hydrogen) atoms. The lowest BCUT2D eigenvalue weighted by atomic mass is 10.0. The number of hydrogen-bond acceptors (Lipinski definition) is 4. The van der Waals surface area contributed by atoms with Crippen LogP contribution in [0.3, 0.4) is 0 Å². The maximum absolute atomic E-state index is 11.8. The highest BCUT2D eigenvalue weighted by atomic mass is 35.5. The van der Waals surface area contributed by atoms with Gasteiger partial charge in [-0.15, -0.1) is 23.7 Å². The van der Waals surface area contributed by atoms with Crippen molar-refractivity contribution < 1.29 is 4.79 Å². The van der Waals surface area contributed by atoms with Gasteiger partial charge in [-0.2, -0.15) is 0 Å². The fraction of sp³-hybridized carbons (Fsp3) is 0.667. The van der Waals surface area contributed by atoms with Crippen LogP contribution >= 0.6 is 23.7 Å². The molecule has 0 bridgehead atoms. The monoisotopic (exact) mass is 291 g/mol. The Hall–Kier alpha value is -0.650. The minimum absolute atomic E-state index is 0. The number of anilines is 1. The quantitative estimate of drug-likeness (QED) is 0.876. The second-order valence-electron chi connectivity index (χ2n) is 4.96. The Kier molecular flexibility index (Phi) is 7.43. The summed E-state index contributed by atoms with van der Waals surface area (Å²) in [4.78, 5) is 16.1. The predicted molar refractivity (Wildman–Crippen MR) is 79.5 cm³/mol. The van der Waals surface area contributed by atoms with Crippen molar-refractivity contribution in [1.29, 1.82) is 0 Å². The molecule has 0 radical (unpaired) electrons. The fourth-order valence-corrected chi connectivity index (χ4v) is 2.30. The van der Waals surface area contributed by atoms with E-state index in [0.29, 0.717) is 23.4 Å². The van der Waals surface area contributed by atoms with E-state index in [-0.39, 0.29) is 18.3 Å². The molecule has 4 nitrogen and oxygen atoms in total. The van der Waals surface area contributed by atoms with E-state index >= 15 is 0 Å². The lowest BCUT2D eigenvalue weighted by molar-refractivity contribution is -0.117. The van der Waals surface area contributed by atoms with Crippen LogP contribution in [0.2, 0.25) is 0 Å². The van der Waals surface area contributed by atoms with Crippen molar-refractivity contribution in [3.8, 4) is 0 Å². The third-order valence-electron chi connectivity index (χ3n) is 2.41. The average Bonchev–Trinajstić information content (AvgIpc) is 2.65. The van der Waals surface area contributed by atoms with E-state index in [9.17, 15) is 4.79 Å². The molecule has 1 atom stereocenters. The largest absolute Gasteiger partial charge is 0.320 e. The first-order valence-corrected chi connectivity index (χ1v) is 6.80. The van der Waals surface area contributed by atoms with Gasteiger partial charge in [0.1, 0.15) is 0 Å². The summed E-state index contributed by atoms with van der Waals surface area (Å²) < 4.78 is 0. The van der Waals surface area contributed by atoms with Crippen LogP contribution in [-0.4, -0.2) is 16.9 Å². The molecule has 0 aliphatic carbocycles. The van der Waals surface area contributed by atoms with Gasteiger partial charge in [-0.1, -0.05) is 27.7 Å². The lowest BCUT2D eigenvalue weighted by Crippen LogP contribution is -2.36. The number of thiazole rings is 1. The number of rotatable bonds is 5. The average molecular weight is 292 g/mol. The Morgan fingerprint density at radius 3 is 2.50 bits per heavy atom. The highest BCUT2D eigenvalue weighted by Crippen LogP contribution is 2.21. The van der Waals surface area contributed by atoms with Crippen LogP contribution < -0.4 is 11.1 Å². The molecular weight excluding hydrogens is 270 g/mol. The zero-order valence-corrected chi connectivity index (χ0v) is 12.9. The van der Waals surface area contributed by atoms with Crippen molar-refractivity contribution in [2.75, 3.05) is 5.32 Å². The van der Waals surface area contributed by atoms with Gasteiger partial charge < -0.3 is 11.1 Å². The number of aromatic nitrogens is 1. The number of nitrogens with two attached hydrogens (primary N) is 1. The third-order valence-corrected chi connectivity index (χ3v) is 3.18. The molecule has 3 N–H and O–H groups in total. The Bertz CT molecular complexity index is 379. The first-order valence-electron chi connectivity index (χ1n) is 5.92. The van der Waals surface area contributed by atoms with Crippen molar-refractivity contribution in [2.24, 2.45) is 11.7 Å². The van der Waals surface area contributed by atoms with Gasteiger partial charge in [-0.25, -0.2) is 4.98 Å². The number of nitrogens with one attached hydrogen (secondary N) is 1. The van der Waals surface area contributed by atoms with E-state index in [4.69, 9.17) is 5.73 Å². The SMILES string of the molecule is CC(C)C[C@H](N)C(=O)Nc1nc(C(C)C)cs1.Cl. The highest BCUT2D eigenvalue weighted by Gasteiger charge is 2.16. The Morgan fingerprint density at radius 2 is 2.06 bits per heavy atom. The molecule has 0 aromatic carbocycles. The maximum atomic E-state index is 11.8. The molecule has 0 aliphatic heterocycles. The second kappa shape index (κ2) is 7.71. The number of halogens is 1. The Balaban J connectivity index is 0.00000289. The Morgan fingerprint density at radius 1 is 1.44 bits per heavy atom. The van der Waals surface area contributed by atoms with E-state index in [1.54, 1.807) is 0 Å². The molecule has 1 rings (SSSR count). The van der Waals surface area contributed by atoms with Crippen molar-refractivity contribution in [3.63, 3.8) is 0 Å². The van der Waals surface area contributed by atoms with E-state index in [0.717, 1.165) is 5.69 Å². The van der Waals surface area contributed by atoms with Gasteiger partial charge in [0.15, 0.2) is 5.13 Å². The molecule has 0 spiro atoms. The van der Waals surface area contributed by atoms with Crippen molar-refractivity contribution in [1.82, 2.24) is 4.98 Å². The summed E-state index contributed by atoms with van der Waals surface area (Å²) in [5.74, 6) is 0.642. The van der Waals surface area contributed by atoms with Gasteiger partial charge in [0, 0.05) is 5.38 Å². The van der Waals surface area contributed by atoms with Gasteiger partial charge >= 0.3 is 0 Å². The predicted octanol–water partition coefficient (Wildman–Crippen LogP) is 3.00. The molecule has 104 valence electrons. The smallest absolute Gasteiger partial charge is 0.243 e. The first kappa shape index (κ1) is 17.4. The summed E-state index contributed by atoms with van der Waals surface area (Å²) >= 11 is 1.44. The van der Waals surface area contributed by atoms with Crippen LogP contribution in [-0.2, 0) is 4.79 Å². The number of amides is 1. The van der Waals surface area contributed by atoms with Gasteiger partial charge in [0.05, 0.1) is 11.7 Å². The molecule has 0 saturated heterocycles. The van der Waals surface area contributed by atoms with Crippen molar-refractivity contribution in [3.05, 3.63) is 11.1 Å². The Labute approximate surface area is 119 Å². The molecule has 0 fully saturated rings. The van der Waals surface area contributed by atoms with Crippen molar-refractivity contribution in [2.45, 2.75) is 46.1 Å². The number of carbonyl (C=O) groups excluding carboxylic acids is 1. The molecule has 1 amide bonds. The topological polar surface area (TPSA) is 68.0 Å². The molecule has 0 saturated carbocycles. The minimum atomic E-state index is -0.457. The highest BCUT2D eigenvalue weighted by molar-refractivity contribution is 7.13. The molecule has 6 heteroatoms. The second-order valence-corrected chi connectivity index (χ2v) is 5.82. The molecule has 1 aromatic heterocycles. The number of nitrogens with zero attached hydrogens (tertiary/aromatic N) is 1. The standard InChI is InChI=1S/C12H21N3OS.ClH/c1-7(2)5-9(13)11(16)15-12-14-10(6-17-12)8(3)4;/h6-9H,5,13H2,1-4H3,(H,14,15,16);1H/t9-;/m0./s1. The van der Waals surface area contributed by atoms with E-state index in [2.05, 4.69) is 24.1 Å². The van der Waals surface area contributed by atoms with Crippen LogP contribution in [0.1, 0.15) is 45.7 Å². The summed E-state index contributed by atoms with van der Waals surface area (Å²) in [7, 11) is 0. The van der Waals surface area contributed by atoms with Crippen molar-refractivity contribution >= 4 is 34.8 Å². The van der Waals surface area contributed by atoms with Crippen LogP contribution in [0, 0.1) is 5.92 Å². The van der Waals surface area contributed by atoms with Crippen LogP contribution in [0.15, 0.2) is 5.38 Å². The summed E-state index contributed by atoms with van der Waals surface area (Å²) in [6.07, 6.45) is 0.689. The zero-order valence-electron chi connectivity index (χ0n) is 11.3. The van der Waals surface area contributed by atoms with E-state index in [1.165, 1.54) is 11.3 Å². The van der Waals surface area contributed by atoms with Crippen LogP contribution in [0.4, 0.5) is 5.13 Å². The van der Waals surface area contributed by atoms with Gasteiger partial charge in [-0.3, -0.25) is 4.79 Å². The normalized spacial score (nSPS) is 12.4. The zero-order chi connectivity index (χ0) is 13.0. The first-order chi connectivity index (χ1) is 7.90. The van der Waals surface area contributed by atoms with E-state index < -0.39 is 6.04 Å². The fourth-order valence-electron chi connectivity index (χ4n) is 1.42. The molecular formula is C12H22ClN3OS. The minimum Gasteiger partial charge on any atom is -0.320 e.